The van der Waals surface area contributed by atoms with Gasteiger partial charge in [0.05, 0.1) is 16.8 Å². The second-order valence-corrected chi connectivity index (χ2v) is 10.9. The number of alkyl halides is 8. The zero-order valence-corrected chi connectivity index (χ0v) is 20.6. The Balaban J connectivity index is 1.61. The third-order valence-electron chi connectivity index (χ3n) is 6.20. The molecule has 15 heteroatoms. The summed E-state index contributed by atoms with van der Waals surface area (Å²) in [6, 6.07) is 10.9. The van der Waals surface area contributed by atoms with Crippen LogP contribution < -0.4 is 5.01 Å². The Morgan fingerprint density at radius 3 is 2.08 bits per heavy atom. The van der Waals surface area contributed by atoms with Gasteiger partial charge in [-0.05, 0) is 35.3 Å². The predicted octanol–water partition coefficient (Wildman–Crippen LogP) is 6.78. The molecule has 0 aliphatic carbocycles. The molecule has 0 saturated heterocycles. The maximum Gasteiger partial charge on any atom is 0.511 e. The molecule has 0 fully saturated rings. The zero-order valence-electron chi connectivity index (χ0n) is 19.1. The number of para-hydroxylation sites is 1. The number of rotatable bonds is 5. The zero-order chi connectivity index (χ0) is 28.1. The summed E-state index contributed by atoms with van der Waals surface area (Å²) in [5.74, 6) is -5.17. The molecule has 4 rings (SSSR count). The lowest BCUT2D eigenvalue weighted by atomic mass is 9.94. The molecule has 0 radical (unpaired) electrons. The maximum atomic E-state index is 14.2. The fraction of sp³-hybridized carbons (Fsp3) is 0.348. The highest BCUT2D eigenvalue weighted by atomic mass is 35.5. The van der Waals surface area contributed by atoms with Crippen molar-refractivity contribution in [3.05, 3.63) is 70.8 Å². The van der Waals surface area contributed by atoms with Gasteiger partial charge in [0.25, 0.3) is 0 Å². The van der Waals surface area contributed by atoms with Crippen molar-refractivity contribution in [1.82, 2.24) is 4.31 Å². The van der Waals surface area contributed by atoms with Crippen LogP contribution in [-0.4, -0.2) is 49.1 Å². The highest BCUT2D eigenvalue weighted by molar-refractivity contribution is 7.90. The van der Waals surface area contributed by atoms with Crippen LogP contribution in [0.5, 0.6) is 0 Å². The van der Waals surface area contributed by atoms with Crippen LogP contribution in [0.2, 0.25) is 5.02 Å². The van der Waals surface area contributed by atoms with Gasteiger partial charge in [0.2, 0.25) is 0 Å². The fourth-order valence-corrected chi connectivity index (χ4v) is 5.30. The minimum Gasteiger partial charge on any atom is -0.256 e. The van der Waals surface area contributed by atoms with Crippen molar-refractivity contribution in [3.63, 3.8) is 0 Å². The van der Waals surface area contributed by atoms with E-state index in [1.165, 1.54) is 48.5 Å². The van der Waals surface area contributed by atoms with Crippen molar-refractivity contribution in [2.75, 3.05) is 18.1 Å². The van der Waals surface area contributed by atoms with Crippen molar-refractivity contribution >= 4 is 38.6 Å². The number of hydrogen-bond donors (Lipinski definition) is 0. The standard InChI is InChI=1S/C23H18ClF8N3O2S/c24-17-3-1-2-4-18(17)35-19(13-20(33-35)21(25,26)22(27,28)29)16-7-5-14(6-8-16)15-9-11-34(12-10-15)38(36,37)23(30,31)32/h1-9,19H,10-13H2. The largest absolute Gasteiger partial charge is 0.511 e. The summed E-state index contributed by atoms with van der Waals surface area (Å²) < 4.78 is 129. The molecular weight excluding hydrogens is 570 g/mol. The van der Waals surface area contributed by atoms with Crippen LogP contribution >= 0.6 is 11.6 Å². The molecule has 38 heavy (non-hydrogen) atoms. The first-order chi connectivity index (χ1) is 17.5. The van der Waals surface area contributed by atoms with E-state index in [-0.39, 0.29) is 17.1 Å². The Morgan fingerprint density at radius 1 is 0.921 bits per heavy atom. The highest BCUT2D eigenvalue weighted by Gasteiger charge is 2.63. The van der Waals surface area contributed by atoms with E-state index >= 15 is 0 Å². The van der Waals surface area contributed by atoms with Crippen LogP contribution in [0.3, 0.4) is 0 Å². The molecule has 5 nitrogen and oxygen atoms in total. The third kappa shape index (κ3) is 5.13. The molecule has 0 bridgehead atoms. The van der Waals surface area contributed by atoms with Gasteiger partial charge >= 0.3 is 27.6 Å². The Morgan fingerprint density at radius 2 is 1.55 bits per heavy atom. The van der Waals surface area contributed by atoms with Crippen LogP contribution in [0.4, 0.5) is 40.8 Å². The average Bonchev–Trinajstić information content (AvgIpc) is 3.29. The monoisotopic (exact) mass is 587 g/mol. The lowest BCUT2D eigenvalue weighted by Gasteiger charge is -2.27. The van der Waals surface area contributed by atoms with Crippen molar-refractivity contribution in [3.8, 4) is 0 Å². The number of sulfonamides is 1. The second kappa shape index (κ2) is 9.79. The fourth-order valence-electron chi connectivity index (χ4n) is 4.18. The van der Waals surface area contributed by atoms with Gasteiger partial charge in [-0.1, -0.05) is 54.1 Å². The van der Waals surface area contributed by atoms with Gasteiger partial charge < -0.3 is 0 Å². The Bertz CT molecular complexity index is 1370. The van der Waals surface area contributed by atoms with Crippen molar-refractivity contribution < 1.29 is 43.5 Å². The summed E-state index contributed by atoms with van der Waals surface area (Å²) in [5.41, 5.74) is -5.25. The van der Waals surface area contributed by atoms with Crippen LogP contribution in [0.25, 0.3) is 5.57 Å². The Hall–Kier alpha value is -2.71. The van der Waals surface area contributed by atoms with Crippen LogP contribution in [-0.2, 0) is 10.0 Å². The molecule has 206 valence electrons. The quantitative estimate of drug-likeness (QED) is 0.362. The molecule has 2 aromatic rings. The number of hydrogen-bond acceptors (Lipinski definition) is 4. The van der Waals surface area contributed by atoms with Gasteiger partial charge in [-0.2, -0.15) is 44.5 Å². The summed E-state index contributed by atoms with van der Waals surface area (Å²) in [6.07, 6.45) is -5.28. The first kappa shape index (κ1) is 28.3. The van der Waals surface area contributed by atoms with Gasteiger partial charge in [-0.15, -0.1) is 0 Å². The maximum absolute atomic E-state index is 14.2. The Labute approximate surface area is 217 Å². The number of benzene rings is 2. The summed E-state index contributed by atoms with van der Waals surface area (Å²) in [6.45, 7) is -0.895. The van der Waals surface area contributed by atoms with Gasteiger partial charge in [-0.3, -0.25) is 5.01 Å². The highest BCUT2D eigenvalue weighted by Crippen LogP contribution is 2.46. The molecule has 2 aliphatic rings. The number of hydrazone groups is 1. The summed E-state index contributed by atoms with van der Waals surface area (Å²) in [5, 5.41) is 4.70. The van der Waals surface area contributed by atoms with E-state index in [4.69, 9.17) is 11.6 Å². The summed E-state index contributed by atoms with van der Waals surface area (Å²) in [7, 11) is -5.47. The van der Waals surface area contributed by atoms with Gasteiger partial charge in [0.1, 0.15) is 5.71 Å². The number of nitrogens with zero attached hydrogens (tertiary/aromatic N) is 3. The SMILES string of the molecule is O=S(=O)(N1CC=C(c2ccc(C3CC(C(F)(F)C(F)(F)F)=NN3c3ccccc3Cl)cc2)CC1)C(F)(F)F. The molecule has 0 aromatic heterocycles. The van der Waals surface area contributed by atoms with Crippen LogP contribution in [0, 0.1) is 0 Å². The first-order valence-corrected chi connectivity index (χ1v) is 12.8. The lowest BCUT2D eigenvalue weighted by molar-refractivity contribution is -0.249. The molecule has 0 saturated carbocycles. The van der Waals surface area contributed by atoms with E-state index in [9.17, 15) is 43.5 Å². The number of halogens is 9. The molecule has 1 unspecified atom stereocenters. The molecule has 2 aromatic carbocycles. The van der Waals surface area contributed by atoms with E-state index in [1.54, 1.807) is 6.07 Å². The molecule has 0 spiro atoms. The minimum atomic E-state index is -5.85. The second-order valence-electron chi connectivity index (χ2n) is 8.54. The van der Waals surface area contributed by atoms with Crippen LogP contribution in [0.15, 0.2) is 59.7 Å². The van der Waals surface area contributed by atoms with Crippen molar-refractivity contribution in [1.29, 1.82) is 0 Å². The van der Waals surface area contributed by atoms with Crippen molar-refractivity contribution in [2.24, 2.45) is 5.10 Å². The van der Waals surface area contributed by atoms with E-state index in [1.807, 2.05) is 0 Å². The number of anilines is 1. The summed E-state index contributed by atoms with van der Waals surface area (Å²) in [4.78, 5) is 0. The third-order valence-corrected chi connectivity index (χ3v) is 8.11. The normalized spacial score (nSPS) is 19.9. The smallest absolute Gasteiger partial charge is 0.256 e. The first-order valence-electron chi connectivity index (χ1n) is 11.0. The molecule has 2 aliphatic heterocycles. The van der Waals surface area contributed by atoms with E-state index in [0.29, 0.717) is 21.0 Å². The Kier molecular flexibility index (Phi) is 7.29. The van der Waals surface area contributed by atoms with Gasteiger partial charge in [0, 0.05) is 19.5 Å². The van der Waals surface area contributed by atoms with Crippen LogP contribution in [0.1, 0.15) is 30.0 Å². The predicted molar refractivity (Wildman–Crippen MR) is 125 cm³/mol. The lowest BCUT2D eigenvalue weighted by Crippen LogP contribution is -2.43. The molecule has 0 amide bonds. The molecule has 0 N–H and O–H groups in total. The molecule has 1 atom stereocenters. The topological polar surface area (TPSA) is 53.0 Å². The average molecular weight is 588 g/mol. The van der Waals surface area contributed by atoms with E-state index < -0.39 is 58.9 Å². The molecule has 2 heterocycles. The van der Waals surface area contributed by atoms with Gasteiger partial charge in [-0.25, -0.2) is 8.42 Å². The van der Waals surface area contributed by atoms with E-state index in [0.717, 1.165) is 5.01 Å². The summed E-state index contributed by atoms with van der Waals surface area (Å²) >= 11 is 6.16. The van der Waals surface area contributed by atoms with Gasteiger partial charge in [0.15, 0.2) is 0 Å². The van der Waals surface area contributed by atoms with E-state index in [2.05, 4.69) is 5.10 Å². The minimum absolute atomic E-state index is 0.0190. The van der Waals surface area contributed by atoms with Crippen molar-refractivity contribution in [2.45, 2.75) is 36.5 Å². The molecular formula is C23H18ClF8N3O2S.